The SMILES string of the molecule is CC1(C)CC(=O)C2=C(C1)Nc1c(C#N)cnn1C2c1ccc(F)cc1. The molecular weight excluding hydrogens is 319 g/mol. The number of halogens is 1. The van der Waals surface area contributed by atoms with Gasteiger partial charge in [-0.15, -0.1) is 0 Å². The fourth-order valence-electron chi connectivity index (χ4n) is 3.75. The van der Waals surface area contributed by atoms with Gasteiger partial charge in [0.15, 0.2) is 5.78 Å². The van der Waals surface area contributed by atoms with Crippen molar-refractivity contribution in [3.05, 3.63) is 58.7 Å². The molecule has 0 saturated carbocycles. The topological polar surface area (TPSA) is 70.7 Å². The zero-order valence-corrected chi connectivity index (χ0v) is 14.0. The Morgan fingerprint density at radius 1 is 1.32 bits per heavy atom. The Morgan fingerprint density at radius 3 is 2.72 bits per heavy atom. The number of rotatable bonds is 1. The summed E-state index contributed by atoms with van der Waals surface area (Å²) in [6.45, 7) is 4.11. The summed E-state index contributed by atoms with van der Waals surface area (Å²) < 4.78 is 15.0. The van der Waals surface area contributed by atoms with Gasteiger partial charge in [-0.05, 0) is 29.5 Å². The largest absolute Gasteiger partial charge is 0.342 e. The van der Waals surface area contributed by atoms with E-state index in [4.69, 9.17) is 0 Å². The molecule has 1 aromatic heterocycles. The first kappa shape index (κ1) is 15.6. The van der Waals surface area contributed by atoms with E-state index in [1.165, 1.54) is 18.3 Å². The average molecular weight is 336 g/mol. The summed E-state index contributed by atoms with van der Waals surface area (Å²) in [5.41, 5.74) is 2.54. The van der Waals surface area contributed by atoms with Crippen molar-refractivity contribution in [2.24, 2.45) is 5.41 Å². The van der Waals surface area contributed by atoms with Crippen molar-refractivity contribution in [3.8, 4) is 6.07 Å². The highest BCUT2D eigenvalue weighted by atomic mass is 19.1. The Kier molecular flexibility index (Phi) is 3.29. The van der Waals surface area contributed by atoms with Crippen molar-refractivity contribution in [2.45, 2.75) is 32.7 Å². The van der Waals surface area contributed by atoms with Gasteiger partial charge in [-0.1, -0.05) is 26.0 Å². The number of nitrogens with zero attached hydrogens (tertiary/aromatic N) is 3. The van der Waals surface area contributed by atoms with Crippen LogP contribution in [-0.4, -0.2) is 15.6 Å². The molecule has 5 nitrogen and oxygen atoms in total. The molecular formula is C19H17FN4O. The Bertz CT molecular complexity index is 947. The maximum atomic E-state index is 13.4. The van der Waals surface area contributed by atoms with E-state index in [1.54, 1.807) is 16.8 Å². The Labute approximate surface area is 144 Å². The third kappa shape index (κ3) is 2.43. The summed E-state index contributed by atoms with van der Waals surface area (Å²) >= 11 is 0. The lowest BCUT2D eigenvalue weighted by molar-refractivity contribution is -0.118. The van der Waals surface area contributed by atoms with Crippen LogP contribution in [-0.2, 0) is 4.79 Å². The zero-order valence-electron chi connectivity index (χ0n) is 14.0. The molecule has 1 atom stereocenters. The third-order valence-electron chi connectivity index (χ3n) is 4.81. The number of allylic oxidation sites excluding steroid dienone is 2. The Morgan fingerprint density at radius 2 is 2.04 bits per heavy atom. The van der Waals surface area contributed by atoms with E-state index < -0.39 is 6.04 Å². The first-order valence-electron chi connectivity index (χ1n) is 8.16. The molecule has 2 aromatic rings. The lowest BCUT2D eigenvalue weighted by Crippen LogP contribution is -2.36. The summed E-state index contributed by atoms with van der Waals surface area (Å²) in [6, 6.07) is 7.77. The van der Waals surface area contributed by atoms with Gasteiger partial charge >= 0.3 is 0 Å². The molecule has 126 valence electrons. The smallest absolute Gasteiger partial charge is 0.163 e. The minimum absolute atomic E-state index is 0.0627. The van der Waals surface area contributed by atoms with Gasteiger partial charge in [0, 0.05) is 17.7 Å². The van der Waals surface area contributed by atoms with Crippen LogP contribution in [0.4, 0.5) is 10.2 Å². The second kappa shape index (κ2) is 5.28. The van der Waals surface area contributed by atoms with Gasteiger partial charge in [0.1, 0.15) is 29.3 Å². The number of carbonyl (C=O) groups excluding carboxylic acids is 1. The number of hydrogen-bond donors (Lipinski definition) is 1. The van der Waals surface area contributed by atoms with E-state index in [0.717, 1.165) is 11.3 Å². The number of nitrogens with one attached hydrogen (secondary N) is 1. The predicted molar refractivity (Wildman–Crippen MR) is 90.2 cm³/mol. The summed E-state index contributed by atoms with van der Waals surface area (Å²) in [5.74, 6) is 0.315. The molecule has 0 spiro atoms. The number of benzene rings is 1. The highest BCUT2D eigenvalue weighted by Crippen LogP contribution is 2.46. The molecule has 1 N–H and O–H groups in total. The molecule has 0 radical (unpaired) electrons. The Hall–Kier alpha value is -2.94. The van der Waals surface area contributed by atoms with E-state index in [-0.39, 0.29) is 17.0 Å². The monoisotopic (exact) mass is 336 g/mol. The minimum Gasteiger partial charge on any atom is -0.342 e. The van der Waals surface area contributed by atoms with Gasteiger partial charge in [-0.25, -0.2) is 9.07 Å². The van der Waals surface area contributed by atoms with E-state index >= 15 is 0 Å². The Balaban J connectivity index is 1.93. The fourth-order valence-corrected chi connectivity index (χ4v) is 3.75. The number of carbonyl (C=O) groups is 1. The molecule has 0 saturated heterocycles. The van der Waals surface area contributed by atoms with Crippen LogP contribution in [0.3, 0.4) is 0 Å². The van der Waals surface area contributed by atoms with Crippen LogP contribution in [0.2, 0.25) is 0 Å². The van der Waals surface area contributed by atoms with Crippen LogP contribution in [0, 0.1) is 22.6 Å². The maximum absolute atomic E-state index is 13.4. The van der Waals surface area contributed by atoms with Crippen LogP contribution in [0.5, 0.6) is 0 Å². The van der Waals surface area contributed by atoms with Gasteiger partial charge in [-0.2, -0.15) is 10.4 Å². The van der Waals surface area contributed by atoms with Gasteiger partial charge in [0.05, 0.1) is 6.20 Å². The molecule has 1 aliphatic carbocycles. The predicted octanol–water partition coefficient (Wildman–Crippen LogP) is 3.55. The standard InChI is InChI=1S/C19H17FN4O/c1-19(2)7-14-16(15(25)8-19)17(11-3-5-13(20)6-4-11)24-18(23-14)12(9-21)10-22-24/h3-6,10,17,23H,7-8H2,1-2H3. The molecule has 25 heavy (non-hydrogen) atoms. The lowest BCUT2D eigenvalue weighted by Gasteiger charge is -2.38. The van der Waals surface area contributed by atoms with Crippen LogP contribution >= 0.6 is 0 Å². The van der Waals surface area contributed by atoms with Gasteiger partial charge in [0.2, 0.25) is 0 Å². The van der Waals surface area contributed by atoms with Crippen molar-refractivity contribution in [3.63, 3.8) is 0 Å². The number of fused-ring (bicyclic) bond motifs is 1. The second-order valence-electron chi connectivity index (χ2n) is 7.38. The highest BCUT2D eigenvalue weighted by molar-refractivity contribution is 6.00. The zero-order chi connectivity index (χ0) is 17.8. The molecule has 1 unspecified atom stereocenters. The van der Waals surface area contributed by atoms with Crippen LogP contribution in [0.1, 0.15) is 43.9 Å². The van der Waals surface area contributed by atoms with Gasteiger partial charge in [0.25, 0.3) is 0 Å². The summed E-state index contributed by atoms with van der Waals surface area (Å²) in [4.78, 5) is 12.9. The number of aromatic nitrogens is 2. The van der Waals surface area contributed by atoms with Crippen LogP contribution < -0.4 is 5.32 Å². The van der Waals surface area contributed by atoms with Gasteiger partial charge in [-0.3, -0.25) is 4.79 Å². The average Bonchev–Trinajstić information content (AvgIpc) is 2.95. The van der Waals surface area contributed by atoms with Crippen molar-refractivity contribution in [2.75, 3.05) is 5.32 Å². The quantitative estimate of drug-likeness (QED) is 0.864. The van der Waals surface area contributed by atoms with Crippen LogP contribution in [0.15, 0.2) is 41.7 Å². The molecule has 0 bridgehead atoms. The first-order chi connectivity index (χ1) is 11.9. The second-order valence-corrected chi connectivity index (χ2v) is 7.38. The number of anilines is 1. The highest BCUT2D eigenvalue weighted by Gasteiger charge is 2.41. The summed E-state index contributed by atoms with van der Waals surface area (Å²) in [6.07, 6.45) is 2.65. The van der Waals surface area contributed by atoms with E-state index in [0.29, 0.717) is 29.8 Å². The molecule has 0 fully saturated rings. The van der Waals surface area contributed by atoms with Crippen molar-refractivity contribution in [1.29, 1.82) is 5.26 Å². The molecule has 6 heteroatoms. The third-order valence-corrected chi connectivity index (χ3v) is 4.81. The number of ketones is 1. The van der Waals surface area contributed by atoms with E-state index in [2.05, 4.69) is 30.3 Å². The summed E-state index contributed by atoms with van der Waals surface area (Å²) in [7, 11) is 0. The molecule has 2 aliphatic rings. The van der Waals surface area contributed by atoms with Gasteiger partial charge < -0.3 is 5.32 Å². The van der Waals surface area contributed by atoms with E-state index in [9.17, 15) is 14.4 Å². The minimum atomic E-state index is -0.447. The fraction of sp³-hybridized carbons (Fsp3) is 0.316. The van der Waals surface area contributed by atoms with Crippen molar-refractivity contribution >= 4 is 11.6 Å². The van der Waals surface area contributed by atoms with Crippen LogP contribution in [0.25, 0.3) is 0 Å². The molecule has 2 heterocycles. The molecule has 4 rings (SSSR count). The molecule has 1 aromatic carbocycles. The molecule has 0 amide bonds. The normalized spacial score (nSPS) is 21.2. The molecule has 1 aliphatic heterocycles. The number of nitriles is 1. The van der Waals surface area contributed by atoms with Crippen molar-refractivity contribution in [1.82, 2.24) is 9.78 Å². The number of Topliss-reactive ketones (excluding diaryl/α,β-unsaturated/α-hetero) is 1. The lowest BCUT2D eigenvalue weighted by atomic mass is 9.73. The van der Waals surface area contributed by atoms with E-state index in [1.807, 2.05) is 0 Å². The summed E-state index contributed by atoms with van der Waals surface area (Å²) in [5, 5.41) is 16.9. The number of hydrogen-bond acceptors (Lipinski definition) is 4. The first-order valence-corrected chi connectivity index (χ1v) is 8.16. The van der Waals surface area contributed by atoms with Crippen molar-refractivity contribution < 1.29 is 9.18 Å². The maximum Gasteiger partial charge on any atom is 0.163 e.